The van der Waals surface area contributed by atoms with E-state index in [-0.39, 0.29) is 12.1 Å². The van der Waals surface area contributed by atoms with Crippen LogP contribution in [0, 0.1) is 13.8 Å². The highest BCUT2D eigenvalue weighted by atomic mass is 79.9. The molecule has 6 rings (SSSR count). The fourth-order valence-corrected chi connectivity index (χ4v) is 4.43. The van der Waals surface area contributed by atoms with E-state index in [1.54, 1.807) is 33.1 Å². The summed E-state index contributed by atoms with van der Waals surface area (Å²) >= 11 is 3.36. The molecular weight excluding hydrogens is 644 g/mol. The van der Waals surface area contributed by atoms with Gasteiger partial charge in [0.25, 0.3) is 0 Å². The van der Waals surface area contributed by atoms with Crippen LogP contribution in [-0.4, -0.2) is 80.7 Å². The number of pyridine rings is 2. The van der Waals surface area contributed by atoms with Crippen molar-refractivity contribution in [1.29, 1.82) is 0 Å². The minimum absolute atomic E-state index is 0.153. The molecule has 0 amide bonds. The second-order valence-corrected chi connectivity index (χ2v) is 10.8. The summed E-state index contributed by atoms with van der Waals surface area (Å²) in [5.74, 6) is 2.32. The number of hydrogen-bond acceptors (Lipinski definition) is 12. The maximum atomic E-state index is 5.41. The Morgan fingerprint density at radius 3 is 1.96 bits per heavy atom. The monoisotopic (exact) mass is 682 g/mol. The third-order valence-corrected chi connectivity index (χ3v) is 7.21. The zero-order chi connectivity index (χ0) is 32.2. The molecule has 4 aromatic rings. The van der Waals surface area contributed by atoms with Gasteiger partial charge in [-0.05, 0) is 66.9 Å². The van der Waals surface area contributed by atoms with E-state index in [0.29, 0.717) is 48.0 Å². The molecule has 240 valence electrons. The van der Waals surface area contributed by atoms with E-state index in [1.807, 2.05) is 48.9 Å². The van der Waals surface area contributed by atoms with E-state index in [2.05, 4.69) is 75.6 Å². The Hall–Kier alpha value is -4.34. The molecule has 45 heavy (non-hydrogen) atoms. The number of methoxy groups -OCH3 is 2. The van der Waals surface area contributed by atoms with Gasteiger partial charge in [-0.1, -0.05) is 13.8 Å². The molecule has 0 bridgehead atoms. The number of hydroxylamine groups is 2. The zero-order valence-electron chi connectivity index (χ0n) is 26.2. The number of aryl methyl sites for hydroxylation is 2. The Labute approximate surface area is 270 Å². The third kappa shape index (κ3) is 9.33. The lowest BCUT2D eigenvalue weighted by Crippen LogP contribution is -2.36. The van der Waals surface area contributed by atoms with Gasteiger partial charge in [0.05, 0.1) is 62.3 Å². The molecule has 0 saturated heterocycles. The molecule has 15 heteroatoms. The maximum absolute atomic E-state index is 5.41. The molecule has 2 atom stereocenters. The SMILES string of the molecule is CCC1CONC(c2ccc(-n3cnc(C)c3)c(OC)n2)=N1.CCC1CONC(c2ccc(Br)c(OC)n2)=N1.Cc1cnc[nH]1. The van der Waals surface area contributed by atoms with Crippen LogP contribution in [0.2, 0.25) is 0 Å². The van der Waals surface area contributed by atoms with E-state index in [4.69, 9.17) is 19.1 Å². The highest BCUT2D eigenvalue weighted by molar-refractivity contribution is 9.10. The van der Waals surface area contributed by atoms with Gasteiger partial charge in [-0.15, -0.1) is 0 Å². The number of rotatable bonds is 7. The molecule has 2 unspecified atom stereocenters. The predicted molar refractivity (Wildman–Crippen MR) is 174 cm³/mol. The van der Waals surface area contributed by atoms with Gasteiger partial charge in [0.1, 0.15) is 17.1 Å². The van der Waals surface area contributed by atoms with Crippen LogP contribution in [0.15, 0.2) is 63.8 Å². The number of aromatic amines is 1. The van der Waals surface area contributed by atoms with E-state index < -0.39 is 0 Å². The highest BCUT2D eigenvalue weighted by Gasteiger charge is 2.19. The van der Waals surface area contributed by atoms with Crippen molar-refractivity contribution in [3.63, 3.8) is 0 Å². The first-order valence-electron chi connectivity index (χ1n) is 14.5. The van der Waals surface area contributed by atoms with E-state index in [9.17, 15) is 0 Å². The van der Waals surface area contributed by atoms with E-state index >= 15 is 0 Å². The summed E-state index contributed by atoms with van der Waals surface area (Å²) in [6.45, 7) is 9.23. The van der Waals surface area contributed by atoms with Gasteiger partial charge >= 0.3 is 0 Å². The van der Waals surface area contributed by atoms with Crippen molar-refractivity contribution in [3.05, 3.63) is 76.6 Å². The predicted octanol–water partition coefficient (Wildman–Crippen LogP) is 4.28. The Bertz CT molecular complexity index is 1570. The van der Waals surface area contributed by atoms with Gasteiger partial charge in [0.2, 0.25) is 11.8 Å². The molecule has 0 aromatic carbocycles. The van der Waals surface area contributed by atoms with E-state index in [1.165, 1.54) is 0 Å². The number of imidazole rings is 2. The Morgan fingerprint density at radius 2 is 1.49 bits per heavy atom. The standard InChI is InChI=1S/C15H19N5O2.C11H14BrN3O2.C4H6N2/c1-4-11-8-22-19-14(17-11)12-5-6-13(15(18-12)21-3)20-7-10(2)16-9-20;1-3-7-6-17-15-10(13-7)9-5-4-8(12)11(14-9)16-2;1-4-2-5-3-6-4/h5-7,9,11H,4,8H2,1-3H3,(H,17,19);4-5,7H,3,6H2,1-2H3,(H,13,15);2-3H,1H3,(H,5,6). The van der Waals surface area contributed by atoms with Crippen LogP contribution >= 0.6 is 15.9 Å². The molecule has 3 N–H and O–H groups in total. The molecule has 0 saturated carbocycles. The summed E-state index contributed by atoms with van der Waals surface area (Å²) in [5.41, 5.74) is 9.89. The van der Waals surface area contributed by atoms with Gasteiger partial charge in [-0.25, -0.2) is 30.9 Å². The number of aromatic nitrogens is 6. The van der Waals surface area contributed by atoms with Crippen molar-refractivity contribution in [2.45, 2.75) is 52.6 Å². The number of amidine groups is 2. The Balaban J connectivity index is 0.000000177. The Kier molecular flexibility index (Phi) is 12.4. The van der Waals surface area contributed by atoms with Gasteiger partial charge in [0, 0.05) is 18.1 Å². The van der Waals surface area contributed by atoms with Crippen LogP contribution in [0.25, 0.3) is 5.69 Å². The second kappa shape index (κ2) is 16.7. The minimum Gasteiger partial charge on any atom is -0.480 e. The lowest BCUT2D eigenvalue weighted by atomic mass is 10.2. The molecule has 0 radical (unpaired) electrons. The van der Waals surface area contributed by atoms with E-state index in [0.717, 1.165) is 34.4 Å². The molecule has 2 aliphatic heterocycles. The number of H-pyrrole nitrogens is 1. The number of nitrogens with one attached hydrogen (secondary N) is 3. The summed E-state index contributed by atoms with van der Waals surface area (Å²) in [7, 11) is 3.18. The largest absolute Gasteiger partial charge is 0.480 e. The lowest BCUT2D eigenvalue weighted by molar-refractivity contribution is 0.0614. The zero-order valence-corrected chi connectivity index (χ0v) is 27.8. The Morgan fingerprint density at radius 1 is 0.889 bits per heavy atom. The number of aliphatic imine (C=N–C) groups is 2. The van der Waals surface area contributed by atoms with Crippen LogP contribution in [0.4, 0.5) is 0 Å². The molecule has 6 heterocycles. The van der Waals surface area contributed by atoms with Gasteiger partial charge in [-0.2, -0.15) is 0 Å². The minimum atomic E-state index is 0.153. The van der Waals surface area contributed by atoms with Crippen LogP contribution in [-0.2, 0) is 9.68 Å². The van der Waals surface area contributed by atoms with Crippen molar-refractivity contribution in [3.8, 4) is 17.4 Å². The third-order valence-electron chi connectivity index (χ3n) is 6.61. The van der Waals surface area contributed by atoms with Crippen LogP contribution in [0.5, 0.6) is 11.8 Å². The first-order chi connectivity index (χ1) is 21.8. The number of hydrogen-bond donors (Lipinski definition) is 3. The lowest BCUT2D eigenvalue weighted by Gasteiger charge is -2.20. The van der Waals surface area contributed by atoms with Crippen molar-refractivity contribution in [2.75, 3.05) is 27.4 Å². The second-order valence-electron chi connectivity index (χ2n) is 9.98. The molecule has 4 aromatic heterocycles. The normalized spacial score (nSPS) is 17.2. The fourth-order valence-electron chi connectivity index (χ4n) is 4.05. The number of ether oxygens (including phenoxy) is 2. The fraction of sp³-hybridized carbons (Fsp3) is 0.400. The summed E-state index contributed by atoms with van der Waals surface area (Å²) in [4.78, 5) is 39.5. The molecule has 0 spiro atoms. The maximum Gasteiger partial charge on any atom is 0.238 e. The van der Waals surface area contributed by atoms with Crippen molar-refractivity contribution < 1.29 is 19.1 Å². The molecule has 2 aliphatic rings. The van der Waals surface area contributed by atoms with Crippen molar-refractivity contribution in [1.82, 2.24) is 40.4 Å². The van der Waals surface area contributed by atoms with Crippen molar-refractivity contribution in [2.24, 2.45) is 9.98 Å². The molecule has 0 aliphatic carbocycles. The smallest absolute Gasteiger partial charge is 0.238 e. The summed E-state index contributed by atoms with van der Waals surface area (Å²) in [5, 5.41) is 0. The quantitative estimate of drug-likeness (QED) is 0.257. The van der Waals surface area contributed by atoms with Crippen molar-refractivity contribution >= 4 is 27.6 Å². The topological polar surface area (TPSA) is 158 Å². The first kappa shape index (κ1) is 33.6. The van der Waals surface area contributed by atoms with Crippen LogP contribution in [0.1, 0.15) is 49.5 Å². The molecule has 14 nitrogen and oxygen atoms in total. The van der Waals surface area contributed by atoms with Gasteiger partial charge in [-0.3, -0.25) is 19.7 Å². The first-order valence-corrected chi connectivity index (χ1v) is 15.3. The average molecular weight is 684 g/mol. The average Bonchev–Trinajstić information content (AvgIpc) is 3.75. The summed E-state index contributed by atoms with van der Waals surface area (Å²) in [6, 6.07) is 7.89. The number of halogens is 1. The van der Waals surface area contributed by atoms with Gasteiger partial charge < -0.3 is 19.0 Å². The molecular formula is C30H39BrN10O4. The summed E-state index contributed by atoms with van der Waals surface area (Å²) in [6.07, 6.45) is 8.97. The summed E-state index contributed by atoms with van der Waals surface area (Å²) < 4.78 is 13.3. The van der Waals surface area contributed by atoms with Crippen LogP contribution < -0.4 is 20.4 Å². The number of nitrogens with zero attached hydrogens (tertiary/aromatic N) is 7. The van der Waals surface area contributed by atoms with Gasteiger partial charge in [0.15, 0.2) is 11.7 Å². The highest BCUT2D eigenvalue weighted by Crippen LogP contribution is 2.23. The molecule has 0 fully saturated rings. The van der Waals surface area contributed by atoms with Crippen LogP contribution in [0.3, 0.4) is 0 Å².